The standard InChI is InChI=1S/C22H20BClN4O3/c1-30-16-8-14(9-17(31-2)18(16)23)27-22(29)15-11-28(10-13-6-4-3-5-7-13)20-19(15)25-12-26-21(20)24/h3-9,11-12H,10,23H2,1-2H3,(H,27,29). The van der Waals surface area contributed by atoms with Gasteiger partial charge in [0.25, 0.3) is 5.91 Å². The Morgan fingerprint density at radius 3 is 2.45 bits per heavy atom. The number of hydrogen-bond donors (Lipinski definition) is 1. The molecule has 156 valence electrons. The van der Waals surface area contributed by atoms with Gasteiger partial charge in [0.2, 0.25) is 0 Å². The van der Waals surface area contributed by atoms with Crippen molar-refractivity contribution in [2.45, 2.75) is 6.54 Å². The zero-order valence-electron chi connectivity index (χ0n) is 17.3. The minimum absolute atomic E-state index is 0.290. The quantitative estimate of drug-likeness (QED) is 0.373. The molecule has 0 fully saturated rings. The summed E-state index contributed by atoms with van der Waals surface area (Å²) in [7, 11) is 5.03. The third-order valence-corrected chi connectivity index (χ3v) is 5.33. The van der Waals surface area contributed by atoms with E-state index in [4.69, 9.17) is 21.1 Å². The fraction of sp³-hybridized carbons (Fsp3) is 0.136. The highest BCUT2D eigenvalue weighted by atomic mass is 35.5. The molecule has 0 unspecified atom stereocenters. The van der Waals surface area contributed by atoms with Crippen molar-refractivity contribution in [2.24, 2.45) is 0 Å². The molecule has 2 aromatic heterocycles. The van der Waals surface area contributed by atoms with Gasteiger partial charge in [-0.15, -0.1) is 0 Å². The van der Waals surface area contributed by atoms with Crippen molar-refractivity contribution < 1.29 is 14.3 Å². The van der Waals surface area contributed by atoms with E-state index in [1.807, 2.05) is 42.7 Å². The van der Waals surface area contributed by atoms with Crippen LogP contribution in [0.15, 0.2) is 55.0 Å². The van der Waals surface area contributed by atoms with Crippen molar-refractivity contribution in [3.8, 4) is 11.5 Å². The minimum Gasteiger partial charge on any atom is -0.497 e. The van der Waals surface area contributed by atoms with Gasteiger partial charge >= 0.3 is 0 Å². The highest BCUT2D eigenvalue weighted by Crippen LogP contribution is 2.28. The summed E-state index contributed by atoms with van der Waals surface area (Å²) in [6.45, 7) is 0.532. The second kappa shape index (κ2) is 8.69. The van der Waals surface area contributed by atoms with E-state index in [0.29, 0.717) is 45.5 Å². The van der Waals surface area contributed by atoms with Crippen LogP contribution in [0.25, 0.3) is 11.0 Å². The Kier molecular flexibility index (Phi) is 5.82. The molecule has 0 aliphatic carbocycles. The molecular formula is C22H20BClN4O3. The fourth-order valence-electron chi connectivity index (χ4n) is 3.52. The fourth-order valence-corrected chi connectivity index (χ4v) is 3.76. The van der Waals surface area contributed by atoms with Crippen LogP contribution < -0.4 is 20.3 Å². The lowest BCUT2D eigenvalue weighted by Gasteiger charge is -2.13. The number of anilines is 1. The first kappa shape index (κ1) is 20.7. The topological polar surface area (TPSA) is 78.3 Å². The van der Waals surface area contributed by atoms with Crippen LogP contribution >= 0.6 is 11.6 Å². The van der Waals surface area contributed by atoms with Crippen molar-refractivity contribution in [2.75, 3.05) is 19.5 Å². The van der Waals surface area contributed by atoms with Crippen LogP contribution in [-0.2, 0) is 6.54 Å². The van der Waals surface area contributed by atoms with Crippen molar-refractivity contribution in [1.29, 1.82) is 0 Å². The summed E-state index contributed by atoms with van der Waals surface area (Å²) in [6.07, 6.45) is 3.10. The molecule has 2 aromatic carbocycles. The molecule has 0 atom stereocenters. The molecule has 0 spiro atoms. The number of methoxy groups -OCH3 is 2. The normalized spacial score (nSPS) is 10.8. The van der Waals surface area contributed by atoms with Crippen LogP contribution in [-0.4, -0.2) is 42.5 Å². The van der Waals surface area contributed by atoms with E-state index in [-0.39, 0.29) is 5.91 Å². The molecule has 2 heterocycles. The van der Waals surface area contributed by atoms with Gasteiger partial charge in [-0.05, 0) is 11.0 Å². The molecule has 0 saturated carbocycles. The molecule has 31 heavy (non-hydrogen) atoms. The summed E-state index contributed by atoms with van der Waals surface area (Å²) < 4.78 is 12.7. The zero-order chi connectivity index (χ0) is 22.0. The van der Waals surface area contributed by atoms with E-state index in [2.05, 4.69) is 15.3 Å². The molecule has 4 aromatic rings. The van der Waals surface area contributed by atoms with Crippen molar-refractivity contribution >= 4 is 47.5 Å². The first-order chi connectivity index (χ1) is 15.0. The third-order valence-electron chi connectivity index (χ3n) is 5.06. The monoisotopic (exact) mass is 434 g/mol. The molecule has 1 amide bonds. The highest BCUT2D eigenvalue weighted by molar-refractivity contribution is 6.36. The molecule has 1 N–H and O–H groups in total. The van der Waals surface area contributed by atoms with Crippen LogP contribution in [0.2, 0.25) is 5.15 Å². The molecule has 0 saturated heterocycles. The van der Waals surface area contributed by atoms with Gasteiger partial charge in [0.05, 0.1) is 19.8 Å². The Labute approximate surface area is 185 Å². The molecule has 4 rings (SSSR count). The number of carbonyl (C=O) groups excluding carboxylic acids is 1. The smallest absolute Gasteiger partial charge is 0.259 e. The van der Waals surface area contributed by atoms with Gasteiger partial charge in [-0.2, -0.15) is 0 Å². The molecule has 0 aliphatic rings. The second-order valence-corrected chi connectivity index (χ2v) is 7.34. The van der Waals surface area contributed by atoms with Crippen LogP contribution in [0, 0.1) is 0 Å². The predicted octanol–water partition coefficient (Wildman–Crippen LogP) is 2.66. The van der Waals surface area contributed by atoms with E-state index in [0.717, 1.165) is 11.0 Å². The largest absolute Gasteiger partial charge is 0.497 e. The molecular weight excluding hydrogens is 415 g/mol. The lowest BCUT2D eigenvalue weighted by Crippen LogP contribution is -2.15. The zero-order valence-corrected chi connectivity index (χ0v) is 18.1. The number of rotatable bonds is 6. The number of amides is 1. The Balaban J connectivity index is 1.73. The van der Waals surface area contributed by atoms with Crippen molar-refractivity contribution in [1.82, 2.24) is 14.5 Å². The van der Waals surface area contributed by atoms with E-state index in [1.165, 1.54) is 6.33 Å². The Morgan fingerprint density at radius 1 is 1.13 bits per heavy atom. The Morgan fingerprint density at radius 2 is 1.81 bits per heavy atom. The average molecular weight is 435 g/mol. The number of ether oxygens (including phenoxy) is 2. The number of halogens is 1. The van der Waals surface area contributed by atoms with Gasteiger partial charge in [-0.3, -0.25) is 4.79 Å². The molecule has 0 radical (unpaired) electrons. The van der Waals surface area contributed by atoms with Gasteiger partial charge in [0.15, 0.2) is 5.15 Å². The molecule has 0 bridgehead atoms. The Bertz CT molecular complexity index is 1240. The lowest BCUT2D eigenvalue weighted by atomic mass is 9.93. The van der Waals surface area contributed by atoms with E-state index < -0.39 is 0 Å². The van der Waals surface area contributed by atoms with Gasteiger partial charge in [-0.25, -0.2) is 9.97 Å². The molecule has 7 nitrogen and oxygen atoms in total. The summed E-state index contributed by atoms with van der Waals surface area (Å²) in [6, 6.07) is 13.4. The lowest BCUT2D eigenvalue weighted by molar-refractivity contribution is 0.102. The molecule has 9 heteroatoms. The number of nitrogens with one attached hydrogen (secondary N) is 1. The number of fused-ring (bicyclic) bond motifs is 1. The highest BCUT2D eigenvalue weighted by Gasteiger charge is 2.20. The van der Waals surface area contributed by atoms with E-state index in [1.54, 1.807) is 32.5 Å². The third kappa shape index (κ3) is 4.07. The van der Waals surface area contributed by atoms with E-state index in [9.17, 15) is 4.79 Å². The number of benzene rings is 2. The second-order valence-electron chi connectivity index (χ2n) is 6.98. The summed E-state index contributed by atoms with van der Waals surface area (Å²) in [5, 5.41) is 3.20. The van der Waals surface area contributed by atoms with Crippen LogP contribution in [0.4, 0.5) is 5.69 Å². The minimum atomic E-state index is -0.320. The number of carbonyl (C=O) groups is 1. The summed E-state index contributed by atoms with van der Waals surface area (Å²) in [4.78, 5) is 21.6. The van der Waals surface area contributed by atoms with E-state index >= 15 is 0 Å². The number of hydrogen-bond acceptors (Lipinski definition) is 5. The summed E-state index contributed by atoms with van der Waals surface area (Å²) in [5.74, 6) is 0.914. The van der Waals surface area contributed by atoms with Gasteiger partial charge in [0.1, 0.15) is 36.7 Å². The summed E-state index contributed by atoms with van der Waals surface area (Å²) in [5.41, 5.74) is 3.96. The maximum Gasteiger partial charge on any atom is 0.259 e. The number of nitrogens with zero attached hydrogens (tertiary/aromatic N) is 3. The van der Waals surface area contributed by atoms with Gasteiger partial charge in [-0.1, -0.05) is 41.9 Å². The van der Waals surface area contributed by atoms with Crippen molar-refractivity contribution in [3.05, 3.63) is 71.3 Å². The van der Waals surface area contributed by atoms with Crippen LogP contribution in [0.5, 0.6) is 11.5 Å². The van der Waals surface area contributed by atoms with Crippen molar-refractivity contribution in [3.63, 3.8) is 0 Å². The average Bonchev–Trinajstić information content (AvgIpc) is 3.15. The first-order valence-corrected chi connectivity index (χ1v) is 9.97. The first-order valence-electron chi connectivity index (χ1n) is 9.59. The van der Waals surface area contributed by atoms with Gasteiger partial charge < -0.3 is 19.4 Å². The SMILES string of the molecule is Bc1c(OC)cc(NC(=O)c2cn(Cc3ccccc3)c3c(Cl)ncnc23)cc1OC. The molecule has 0 aliphatic heterocycles. The van der Waals surface area contributed by atoms with Crippen LogP contribution in [0.1, 0.15) is 15.9 Å². The maximum absolute atomic E-state index is 13.2. The number of aromatic nitrogens is 3. The summed E-state index contributed by atoms with van der Waals surface area (Å²) >= 11 is 6.37. The maximum atomic E-state index is 13.2. The Hall–Kier alpha value is -3.52. The van der Waals surface area contributed by atoms with Gasteiger partial charge in [0, 0.05) is 30.6 Å². The predicted molar refractivity (Wildman–Crippen MR) is 124 cm³/mol. The van der Waals surface area contributed by atoms with Crippen LogP contribution in [0.3, 0.4) is 0 Å².